The fourth-order valence-electron chi connectivity index (χ4n) is 1.62. The molecule has 0 spiro atoms. The third-order valence-corrected chi connectivity index (χ3v) is 2.58. The van der Waals surface area contributed by atoms with Crippen LogP contribution >= 0.6 is 0 Å². The summed E-state index contributed by atoms with van der Waals surface area (Å²) in [6, 6.07) is 0.775. The molecule has 13 heavy (non-hydrogen) atoms. The predicted octanol–water partition coefficient (Wildman–Crippen LogP) is 3.74. The summed E-state index contributed by atoms with van der Waals surface area (Å²) >= 11 is 0. The minimum Gasteiger partial charge on any atom is -0.314 e. The minimum atomic E-state index is 0.775. The van der Waals surface area contributed by atoms with E-state index >= 15 is 0 Å². The largest absolute Gasteiger partial charge is 0.314 e. The van der Waals surface area contributed by atoms with E-state index in [0.717, 1.165) is 6.04 Å². The van der Waals surface area contributed by atoms with Gasteiger partial charge in [0.2, 0.25) is 0 Å². The van der Waals surface area contributed by atoms with Gasteiger partial charge >= 0.3 is 0 Å². The highest BCUT2D eigenvalue weighted by molar-refractivity contribution is 4.64. The van der Waals surface area contributed by atoms with Crippen LogP contribution in [0.15, 0.2) is 0 Å². The standard InChI is InChI=1S/C12H27N/c1-4-7-8-9-10-12(6-3)13-11-5-2/h12-13H,4-11H2,1-3H3. The van der Waals surface area contributed by atoms with E-state index in [9.17, 15) is 0 Å². The van der Waals surface area contributed by atoms with Crippen LogP contribution in [0.3, 0.4) is 0 Å². The van der Waals surface area contributed by atoms with E-state index in [2.05, 4.69) is 26.1 Å². The van der Waals surface area contributed by atoms with E-state index in [1.807, 2.05) is 0 Å². The number of rotatable bonds is 9. The molecule has 0 radical (unpaired) electrons. The highest BCUT2D eigenvalue weighted by atomic mass is 14.9. The number of hydrogen-bond acceptors (Lipinski definition) is 1. The summed E-state index contributed by atoms with van der Waals surface area (Å²) in [5.74, 6) is 0. The molecule has 0 saturated heterocycles. The third kappa shape index (κ3) is 8.29. The second-order valence-corrected chi connectivity index (χ2v) is 3.91. The molecule has 1 heteroatoms. The lowest BCUT2D eigenvalue weighted by Crippen LogP contribution is -2.28. The van der Waals surface area contributed by atoms with Gasteiger partial charge in [0.1, 0.15) is 0 Å². The Hall–Kier alpha value is -0.0400. The zero-order chi connectivity index (χ0) is 9.94. The van der Waals surface area contributed by atoms with Crippen molar-refractivity contribution in [3.63, 3.8) is 0 Å². The van der Waals surface area contributed by atoms with E-state index in [4.69, 9.17) is 0 Å². The summed E-state index contributed by atoms with van der Waals surface area (Å²) < 4.78 is 0. The number of hydrogen-bond donors (Lipinski definition) is 1. The summed E-state index contributed by atoms with van der Waals surface area (Å²) in [6.45, 7) is 7.98. The van der Waals surface area contributed by atoms with Crippen LogP contribution in [0.1, 0.15) is 65.7 Å². The van der Waals surface area contributed by atoms with Gasteiger partial charge in [-0.25, -0.2) is 0 Å². The van der Waals surface area contributed by atoms with Gasteiger partial charge in [0.05, 0.1) is 0 Å². The Morgan fingerprint density at radius 3 is 2.23 bits per heavy atom. The van der Waals surface area contributed by atoms with E-state index in [1.165, 1.54) is 51.5 Å². The first-order chi connectivity index (χ1) is 6.35. The maximum absolute atomic E-state index is 3.60. The van der Waals surface area contributed by atoms with Gasteiger partial charge < -0.3 is 5.32 Å². The van der Waals surface area contributed by atoms with Crippen molar-refractivity contribution in [1.82, 2.24) is 5.32 Å². The molecule has 0 bridgehead atoms. The van der Waals surface area contributed by atoms with Crippen LogP contribution in [0.4, 0.5) is 0 Å². The Morgan fingerprint density at radius 2 is 1.69 bits per heavy atom. The van der Waals surface area contributed by atoms with Crippen molar-refractivity contribution in [2.24, 2.45) is 0 Å². The van der Waals surface area contributed by atoms with Gasteiger partial charge in [-0.05, 0) is 25.8 Å². The quantitative estimate of drug-likeness (QED) is 0.540. The van der Waals surface area contributed by atoms with Crippen LogP contribution in [0.2, 0.25) is 0 Å². The lowest BCUT2D eigenvalue weighted by molar-refractivity contribution is 0.445. The van der Waals surface area contributed by atoms with Crippen molar-refractivity contribution in [3.05, 3.63) is 0 Å². The van der Waals surface area contributed by atoms with E-state index in [-0.39, 0.29) is 0 Å². The second-order valence-electron chi connectivity index (χ2n) is 3.91. The molecule has 0 aromatic carbocycles. The molecule has 1 atom stereocenters. The molecule has 0 aromatic rings. The molecule has 1 nitrogen and oxygen atoms in total. The Labute approximate surface area is 84.3 Å². The van der Waals surface area contributed by atoms with Crippen molar-refractivity contribution < 1.29 is 0 Å². The SMILES string of the molecule is CCCCCCC(CC)NCCC. The molecular formula is C12H27N. The van der Waals surface area contributed by atoms with Gasteiger partial charge in [0, 0.05) is 6.04 Å². The predicted molar refractivity (Wildman–Crippen MR) is 61.1 cm³/mol. The lowest BCUT2D eigenvalue weighted by Gasteiger charge is -2.15. The summed E-state index contributed by atoms with van der Waals surface area (Å²) in [6.07, 6.45) is 9.49. The average molecular weight is 185 g/mol. The third-order valence-electron chi connectivity index (χ3n) is 2.58. The summed E-state index contributed by atoms with van der Waals surface area (Å²) in [5, 5.41) is 3.60. The van der Waals surface area contributed by atoms with Gasteiger partial charge in [-0.3, -0.25) is 0 Å². The van der Waals surface area contributed by atoms with Gasteiger partial charge in [0.15, 0.2) is 0 Å². The van der Waals surface area contributed by atoms with Crippen LogP contribution in [0.5, 0.6) is 0 Å². The molecule has 0 aliphatic heterocycles. The topological polar surface area (TPSA) is 12.0 Å². The monoisotopic (exact) mass is 185 g/mol. The zero-order valence-corrected chi connectivity index (χ0v) is 9.73. The summed E-state index contributed by atoms with van der Waals surface area (Å²) in [4.78, 5) is 0. The molecule has 0 fully saturated rings. The Morgan fingerprint density at radius 1 is 0.923 bits per heavy atom. The Kier molecular flexibility index (Phi) is 10.0. The smallest absolute Gasteiger partial charge is 0.00644 e. The van der Waals surface area contributed by atoms with Crippen molar-refractivity contribution in [1.29, 1.82) is 0 Å². The summed E-state index contributed by atoms with van der Waals surface area (Å²) in [5.41, 5.74) is 0. The molecule has 0 aromatic heterocycles. The van der Waals surface area contributed by atoms with Crippen molar-refractivity contribution in [2.75, 3.05) is 6.54 Å². The number of unbranched alkanes of at least 4 members (excludes halogenated alkanes) is 3. The molecule has 1 N–H and O–H groups in total. The van der Waals surface area contributed by atoms with Crippen LogP contribution in [0.25, 0.3) is 0 Å². The van der Waals surface area contributed by atoms with Crippen molar-refractivity contribution in [3.8, 4) is 0 Å². The lowest BCUT2D eigenvalue weighted by atomic mass is 10.1. The molecule has 1 unspecified atom stereocenters. The van der Waals surface area contributed by atoms with Crippen LogP contribution < -0.4 is 5.32 Å². The highest BCUT2D eigenvalue weighted by Crippen LogP contribution is 2.07. The first-order valence-corrected chi connectivity index (χ1v) is 6.08. The molecule has 0 heterocycles. The molecule has 0 amide bonds. The molecule has 0 aliphatic rings. The first-order valence-electron chi connectivity index (χ1n) is 6.08. The van der Waals surface area contributed by atoms with E-state index in [0.29, 0.717) is 0 Å². The van der Waals surface area contributed by atoms with Gasteiger partial charge in [-0.1, -0.05) is 46.5 Å². The normalized spacial score (nSPS) is 13.2. The molecule has 0 aliphatic carbocycles. The van der Waals surface area contributed by atoms with Crippen molar-refractivity contribution in [2.45, 2.75) is 71.8 Å². The Bertz CT molecular complexity index is 91.1. The maximum Gasteiger partial charge on any atom is 0.00644 e. The van der Waals surface area contributed by atoms with Crippen LogP contribution in [-0.2, 0) is 0 Å². The first kappa shape index (κ1) is 13.0. The highest BCUT2D eigenvalue weighted by Gasteiger charge is 2.03. The second kappa shape index (κ2) is 10.0. The summed E-state index contributed by atoms with van der Waals surface area (Å²) in [7, 11) is 0. The van der Waals surface area contributed by atoms with Crippen LogP contribution in [0, 0.1) is 0 Å². The van der Waals surface area contributed by atoms with Gasteiger partial charge in [-0.15, -0.1) is 0 Å². The van der Waals surface area contributed by atoms with E-state index in [1.54, 1.807) is 0 Å². The fraction of sp³-hybridized carbons (Fsp3) is 1.00. The minimum absolute atomic E-state index is 0.775. The zero-order valence-electron chi connectivity index (χ0n) is 9.73. The van der Waals surface area contributed by atoms with Gasteiger partial charge in [0.25, 0.3) is 0 Å². The number of nitrogens with one attached hydrogen (secondary N) is 1. The molecule has 0 saturated carbocycles. The maximum atomic E-state index is 3.60. The van der Waals surface area contributed by atoms with E-state index < -0.39 is 0 Å². The Balaban J connectivity index is 3.25. The fourth-order valence-corrected chi connectivity index (χ4v) is 1.62. The van der Waals surface area contributed by atoms with Gasteiger partial charge in [-0.2, -0.15) is 0 Å². The molecular weight excluding hydrogens is 158 g/mol. The van der Waals surface area contributed by atoms with Crippen LogP contribution in [-0.4, -0.2) is 12.6 Å². The average Bonchev–Trinajstić information content (AvgIpc) is 2.17. The molecule has 0 rings (SSSR count). The van der Waals surface area contributed by atoms with Crippen molar-refractivity contribution >= 4 is 0 Å². The molecule has 80 valence electrons.